The Morgan fingerprint density at radius 3 is 1.61 bits per heavy atom. The first-order valence-corrected chi connectivity index (χ1v) is 7.59. The maximum absolute atomic E-state index is 11.1. The van der Waals surface area contributed by atoms with Gasteiger partial charge in [-0.15, -0.1) is 15.3 Å². The van der Waals surface area contributed by atoms with Gasteiger partial charge in [0.1, 0.15) is 0 Å². The van der Waals surface area contributed by atoms with Crippen LogP contribution >= 0.6 is 34.8 Å². The van der Waals surface area contributed by atoms with Gasteiger partial charge in [0.15, 0.2) is 0 Å². The van der Waals surface area contributed by atoms with E-state index in [1.807, 2.05) is 0 Å². The lowest BCUT2D eigenvalue weighted by molar-refractivity contribution is -0.141. The predicted octanol–water partition coefficient (Wildman–Crippen LogP) is -0.984. The Hall–Kier alpha value is -3.38. The summed E-state index contributed by atoms with van der Waals surface area (Å²) in [5.74, 6) is -0.350. The molecule has 0 radical (unpaired) electrons. The Bertz CT molecular complexity index is 762. The smallest absolute Gasteiger partial charge is 0.340 e. The van der Waals surface area contributed by atoms with Gasteiger partial charge in [-0.2, -0.15) is 15.6 Å². The van der Waals surface area contributed by atoms with Crippen molar-refractivity contribution in [2.24, 2.45) is 0 Å². The quantitative estimate of drug-likeness (QED) is 0.199. The molecular weight excluding hydrogens is 449 g/mol. The Kier molecular flexibility index (Phi) is 9.19. The van der Waals surface area contributed by atoms with Gasteiger partial charge in [-0.25, -0.2) is 4.79 Å². The van der Waals surface area contributed by atoms with Crippen molar-refractivity contribution in [3.8, 4) is 0 Å². The monoisotopic (exact) mass is 457 g/mol. The number of alkyl halides is 3. The lowest BCUT2D eigenvalue weighted by Gasteiger charge is -2.08. The number of ether oxygens (including phenoxy) is 1. The number of esters is 1. The summed E-state index contributed by atoms with van der Waals surface area (Å²) in [5.41, 5.74) is 4.96. The first kappa shape index (κ1) is 22.7. The minimum atomic E-state index is -1.91. The second kappa shape index (κ2) is 11.4. The van der Waals surface area contributed by atoms with Gasteiger partial charge in [-0.1, -0.05) is 15.3 Å². The van der Waals surface area contributed by atoms with E-state index in [-0.39, 0.29) is 17.8 Å². The fourth-order valence-corrected chi connectivity index (χ4v) is 1.32. The topological polar surface area (TPSA) is 257 Å². The van der Waals surface area contributed by atoms with E-state index in [9.17, 15) is 9.59 Å². The number of nitrogens with one attached hydrogen (secondary N) is 5. The Labute approximate surface area is 168 Å². The Balaban J connectivity index is 0.000000237. The highest BCUT2D eigenvalue weighted by Crippen LogP contribution is 2.26. The highest BCUT2D eigenvalue weighted by molar-refractivity contribution is 6.66. The largest absolute Gasteiger partial charge is 0.415 e. The van der Waals surface area contributed by atoms with E-state index < -0.39 is 16.0 Å². The van der Waals surface area contributed by atoms with Crippen LogP contribution in [-0.4, -0.2) is 77.9 Å². The number of aromatic amines is 3. The van der Waals surface area contributed by atoms with Crippen LogP contribution in [0.1, 0.15) is 6.92 Å². The third kappa shape index (κ3) is 11.3. The van der Waals surface area contributed by atoms with Crippen molar-refractivity contribution < 1.29 is 14.3 Å². The zero-order valence-corrected chi connectivity index (χ0v) is 15.7. The molecule has 2 amide bonds. The van der Waals surface area contributed by atoms with Gasteiger partial charge in [0.25, 0.3) is 17.8 Å². The van der Waals surface area contributed by atoms with E-state index in [4.69, 9.17) is 40.5 Å². The number of halogens is 3. The number of carbonyl (C=O) groups excluding carboxylic acids is 2. The molecule has 152 valence electrons. The van der Waals surface area contributed by atoms with Gasteiger partial charge >= 0.3 is 16.0 Å². The molecule has 21 heteroatoms. The lowest BCUT2D eigenvalue weighted by Crippen LogP contribution is -2.21. The summed E-state index contributed by atoms with van der Waals surface area (Å²) in [6, 6.07) is -0.590. The molecule has 0 saturated heterocycles. The number of anilines is 3. The number of nitrogens with two attached hydrogens (primary N) is 1. The number of rotatable bonds is 2. The Morgan fingerprint density at radius 2 is 1.39 bits per heavy atom. The number of nitrogens with zero attached hydrogens (tertiary/aromatic N) is 9. The first-order chi connectivity index (χ1) is 13.2. The van der Waals surface area contributed by atoms with E-state index in [1.54, 1.807) is 0 Å². The van der Waals surface area contributed by atoms with Crippen molar-refractivity contribution >= 4 is 64.6 Å². The minimum absolute atomic E-state index is 0.0472. The fourth-order valence-electron chi connectivity index (χ4n) is 0.996. The van der Waals surface area contributed by atoms with Crippen molar-refractivity contribution in [1.29, 1.82) is 0 Å². The van der Waals surface area contributed by atoms with Crippen molar-refractivity contribution in [2.45, 2.75) is 10.9 Å². The number of aromatic nitrogens is 12. The number of urea groups is 1. The van der Waals surface area contributed by atoms with Crippen molar-refractivity contribution in [1.82, 2.24) is 61.9 Å². The van der Waals surface area contributed by atoms with E-state index in [1.165, 1.54) is 0 Å². The maximum Gasteiger partial charge on any atom is 0.340 e. The summed E-state index contributed by atoms with van der Waals surface area (Å²) < 4.78 is 2.18. The molecule has 0 aliphatic rings. The SMILES string of the molecule is CC(=O)OC(Cl)(Cl)Cl.Nc1nn[nH]n1.O=C(Nc1nn[nH]n1)Nc1nn[nH]n1. The van der Waals surface area contributed by atoms with Gasteiger partial charge in [-0.3, -0.25) is 15.4 Å². The van der Waals surface area contributed by atoms with E-state index in [2.05, 4.69) is 77.2 Å². The van der Waals surface area contributed by atoms with Gasteiger partial charge in [0.05, 0.1) is 0 Å². The average molecular weight is 459 g/mol. The number of hydrogen-bond donors (Lipinski definition) is 6. The van der Waals surface area contributed by atoms with Crippen molar-refractivity contribution in [2.75, 3.05) is 16.4 Å². The highest BCUT2D eigenvalue weighted by Gasteiger charge is 2.22. The molecule has 28 heavy (non-hydrogen) atoms. The summed E-state index contributed by atoms with van der Waals surface area (Å²) in [5, 5.41) is 41.4. The van der Waals surface area contributed by atoms with Crippen molar-refractivity contribution in [3.63, 3.8) is 0 Å². The van der Waals surface area contributed by atoms with Crippen LogP contribution in [0.15, 0.2) is 0 Å². The van der Waals surface area contributed by atoms with E-state index in [0.29, 0.717) is 0 Å². The van der Waals surface area contributed by atoms with Gasteiger partial charge in [0, 0.05) is 6.92 Å². The van der Waals surface area contributed by atoms with E-state index >= 15 is 0 Å². The summed E-state index contributed by atoms with van der Waals surface area (Å²) in [4.78, 5) is 21.1. The molecule has 0 bridgehead atoms. The maximum atomic E-state index is 11.1. The number of carbonyl (C=O) groups is 2. The van der Waals surface area contributed by atoms with Gasteiger partial charge in [-0.05, 0) is 50.4 Å². The standard InChI is InChI=1S/C3H3Cl3O2.C3H4N10O.CH3N5/c1-2(7)8-3(4,5)6;14-3(4-1-6-10-11-7-1)5-2-8-12-13-9-2;2-1-3-5-6-4-1/h1H3;(H4,4,5,6,7,8,9,10,11,12,13,14);(H3,2,3,4,5,6). The molecule has 0 aliphatic carbocycles. The fraction of sp³-hybridized carbons (Fsp3) is 0.286. The third-order valence-corrected chi connectivity index (χ3v) is 1.99. The summed E-state index contributed by atoms with van der Waals surface area (Å²) in [7, 11) is 0. The van der Waals surface area contributed by atoms with Crippen LogP contribution in [0.5, 0.6) is 0 Å². The van der Waals surface area contributed by atoms with Crippen molar-refractivity contribution in [3.05, 3.63) is 0 Å². The van der Waals surface area contributed by atoms with Crippen LogP contribution in [-0.2, 0) is 9.53 Å². The normalized spacial score (nSPS) is 9.86. The number of amides is 2. The molecule has 0 fully saturated rings. The molecule has 3 rings (SSSR count). The highest BCUT2D eigenvalue weighted by atomic mass is 35.6. The second-order valence-electron chi connectivity index (χ2n) is 3.86. The number of H-pyrrole nitrogens is 3. The second-order valence-corrected chi connectivity index (χ2v) is 6.04. The summed E-state index contributed by atoms with van der Waals surface area (Å²) in [6.07, 6.45) is 0. The minimum Gasteiger partial charge on any atom is -0.415 e. The van der Waals surface area contributed by atoms with Crippen LogP contribution in [0.4, 0.5) is 22.6 Å². The molecular formula is C7H10Cl3N15O3. The molecule has 0 unspecified atom stereocenters. The molecule has 3 heterocycles. The molecule has 0 atom stereocenters. The Morgan fingerprint density at radius 1 is 0.929 bits per heavy atom. The molecule has 0 aliphatic heterocycles. The first-order valence-electron chi connectivity index (χ1n) is 6.46. The molecule has 3 aromatic heterocycles. The molecule has 7 N–H and O–H groups in total. The number of hydrogen-bond acceptors (Lipinski definition) is 13. The van der Waals surface area contributed by atoms with Crippen LogP contribution in [0.25, 0.3) is 0 Å². The van der Waals surface area contributed by atoms with Crippen LogP contribution in [0.2, 0.25) is 0 Å². The molecule has 18 nitrogen and oxygen atoms in total. The van der Waals surface area contributed by atoms with Crippen LogP contribution in [0, 0.1) is 0 Å². The lowest BCUT2D eigenvalue weighted by atomic mass is 10.8. The van der Waals surface area contributed by atoms with E-state index in [0.717, 1.165) is 6.92 Å². The number of nitrogen functional groups attached to an aromatic ring is 1. The zero-order chi connectivity index (χ0) is 21.0. The van der Waals surface area contributed by atoms with Crippen LogP contribution in [0.3, 0.4) is 0 Å². The van der Waals surface area contributed by atoms with Gasteiger partial charge in [0.2, 0.25) is 0 Å². The zero-order valence-electron chi connectivity index (χ0n) is 13.5. The molecule has 3 aromatic rings. The summed E-state index contributed by atoms with van der Waals surface area (Å²) >= 11 is 15.0. The number of tetrazole rings is 3. The average Bonchev–Trinajstić information content (AvgIpc) is 3.30. The van der Waals surface area contributed by atoms with Crippen LogP contribution < -0.4 is 16.4 Å². The molecule has 0 aromatic carbocycles. The molecule has 0 saturated carbocycles. The molecule has 0 spiro atoms. The third-order valence-electron chi connectivity index (χ3n) is 1.76. The summed E-state index contributed by atoms with van der Waals surface area (Å²) in [6.45, 7) is 1.15. The van der Waals surface area contributed by atoms with Gasteiger partial charge < -0.3 is 10.5 Å². The predicted molar refractivity (Wildman–Crippen MR) is 91.6 cm³/mol.